The Morgan fingerprint density at radius 2 is 0.782 bits per heavy atom. The molecular formula is C62H65F3N10O24S2. The normalized spacial score (nSPS) is 11.9. The van der Waals surface area contributed by atoms with Gasteiger partial charge in [-0.15, -0.1) is 0 Å². The minimum Gasteiger partial charge on any atom is -0.481 e. The number of amides is 2. The number of rotatable bonds is 35. The van der Waals surface area contributed by atoms with Gasteiger partial charge in [0.15, 0.2) is 11.9 Å². The van der Waals surface area contributed by atoms with E-state index in [4.69, 9.17) is 61.3 Å². The zero-order valence-electron chi connectivity index (χ0n) is 52.6. The largest absolute Gasteiger partial charge is 0.490 e. The summed E-state index contributed by atoms with van der Waals surface area (Å²) in [6.07, 6.45) is -10.9. The molecule has 0 saturated heterocycles. The second-order valence-electron chi connectivity index (χ2n) is 20.5. The maximum atomic E-state index is 14.8. The van der Waals surface area contributed by atoms with Gasteiger partial charge in [0.1, 0.15) is 36.8 Å². The van der Waals surface area contributed by atoms with Crippen LogP contribution < -0.4 is 32.4 Å². The molecule has 6 aromatic carbocycles. The number of esters is 2. The molecule has 101 heavy (non-hydrogen) atoms. The Balaban J connectivity index is 0.00000249. The van der Waals surface area contributed by atoms with Gasteiger partial charge in [0.05, 0.1) is 74.9 Å². The molecule has 0 spiro atoms. The molecular weight excluding hydrogens is 1390 g/mol. The van der Waals surface area contributed by atoms with E-state index >= 15 is 0 Å². The lowest BCUT2D eigenvalue weighted by atomic mass is 10.2. The van der Waals surface area contributed by atoms with E-state index in [1.54, 1.807) is 60.7 Å². The average Bonchev–Trinajstić information content (AvgIpc) is 0.790. The summed E-state index contributed by atoms with van der Waals surface area (Å²) in [5.74, 6) is -12.7. The number of ether oxygens (including phenoxy) is 6. The van der Waals surface area contributed by atoms with Crippen molar-refractivity contribution in [1.82, 2.24) is 17.2 Å². The third-order valence-electron chi connectivity index (χ3n) is 13.1. The number of aliphatic carboxylic acids is 5. The van der Waals surface area contributed by atoms with E-state index < -0.39 is 171 Å². The van der Waals surface area contributed by atoms with E-state index in [1.807, 2.05) is 0 Å². The molecule has 2 amide bonds. The van der Waals surface area contributed by atoms with Crippen LogP contribution in [0.2, 0.25) is 0 Å². The zero-order valence-corrected chi connectivity index (χ0v) is 54.2. The molecule has 13 N–H and O–H groups in total. The maximum Gasteiger partial charge on any atom is 0.490 e. The Morgan fingerprint density at radius 1 is 0.455 bits per heavy atom. The summed E-state index contributed by atoms with van der Waals surface area (Å²) in [6, 6.07) is 32.7. The smallest absolute Gasteiger partial charge is 0.481 e. The molecule has 0 bridgehead atoms. The van der Waals surface area contributed by atoms with Crippen molar-refractivity contribution in [2.24, 2.45) is 32.9 Å². The van der Waals surface area contributed by atoms with Crippen LogP contribution >= 0.6 is 0 Å². The van der Waals surface area contributed by atoms with Gasteiger partial charge in [-0.05, 0) is 95.1 Å². The number of alkyl halides is 3. The van der Waals surface area contributed by atoms with Gasteiger partial charge in [-0.25, -0.2) is 34.0 Å². The predicted octanol–water partition coefficient (Wildman–Crippen LogP) is 4.53. The van der Waals surface area contributed by atoms with Crippen LogP contribution in [0.15, 0.2) is 168 Å². The van der Waals surface area contributed by atoms with Crippen molar-refractivity contribution >= 4 is 97.7 Å². The van der Waals surface area contributed by atoms with Crippen LogP contribution in [0, 0.1) is 0 Å². The van der Waals surface area contributed by atoms with Crippen molar-refractivity contribution in [3.8, 4) is 11.5 Å². The molecule has 6 aromatic rings. The van der Waals surface area contributed by atoms with Crippen molar-refractivity contribution in [2.75, 3.05) is 39.5 Å². The number of halogens is 3. The number of hydrogen-bond donors (Lipinski definition) is 9. The highest BCUT2D eigenvalue weighted by Gasteiger charge is 2.45. The molecule has 34 nitrogen and oxygen atoms in total. The maximum absolute atomic E-state index is 14.8. The fraction of sp³-hybridized carbons (Fsp3) is 0.242. The van der Waals surface area contributed by atoms with Crippen molar-refractivity contribution in [1.29, 1.82) is 0 Å². The molecule has 0 aliphatic rings. The van der Waals surface area contributed by atoms with Gasteiger partial charge >= 0.3 is 80.6 Å². The third-order valence-corrected chi connectivity index (χ3v) is 16.8. The molecule has 0 aliphatic carbocycles. The summed E-state index contributed by atoms with van der Waals surface area (Å²) < 4.78 is 125. The number of hydrogen-bond acceptors (Lipinski definition) is 21. The van der Waals surface area contributed by atoms with Crippen molar-refractivity contribution in [3.05, 3.63) is 191 Å². The Hall–Kier alpha value is -11.8. The second kappa shape index (κ2) is 37.8. The van der Waals surface area contributed by atoms with Gasteiger partial charge in [0.2, 0.25) is 0 Å². The minimum atomic E-state index is -5.49. The summed E-state index contributed by atoms with van der Waals surface area (Å²) in [4.78, 5) is 121. The highest BCUT2D eigenvalue weighted by molar-refractivity contribution is 7.87. The topological polar surface area (TPSA) is 520 Å². The van der Waals surface area contributed by atoms with Crippen LogP contribution in [-0.4, -0.2) is 183 Å². The first-order valence-corrected chi connectivity index (χ1v) is 31.8. The quantitative estimate of drug-likeness (QED) is 0.00867. The van der Waals surface area contributed by atoms with E-state index in [9.17, 15) is 88.8 Å². The van der Waals surface area contributed by atoms with Gasteiger partial charge in [0.25, 0.3) is 0 Å². The summed E-state index contributed by atoms with van der Waals surface area (Å²) >= 11 is 0. The first-order valence-electron chi connectivity index (χ1n) is 29.0. The number of carboxylic acids is 5. The van der Waals surface area contributed by atoms with Gasteiger partial charge in [-0.3, -0.25) is 19.2 Å². The van der Waals surface area contributed by atoms with Crippen LogP contribution in [0.5, 0.6) is 11.5 Å². The zero-order chi connectivity index (χ0) is 74.6. The lowest BCUT2D eigenvalue weighted by Crippen LogP contribution is -2.54. The number of nitrogens with zero attached hydrogens (tertiary/aromatic N) is 6. The van der Waals surface area contributed by atoms with E-state index in [2.05, 4.69) is 9.98 Å². The molecule has 2 atom stereocenters. The standard InChI is InChI=1S/C60H64N10O22S2.C2HF3O2/c61-57(62)65-45-21-17-43(18-22-45)55(79)91-47-15-7-13-41(31-47)35-69(59(81)89-37-39-9-3-1-4-10-39)93(83,84)67(49(53(75)76)33-51(71)72)25-27-87-29-30-88-28-26-68(50(54(77)78)34-52(73)74)94(85,86)70(60(82)90-38-40-11-5-2-6-12-40)36-42-14-8-16-48(32-42)92-56(80)44-19-23-46(24-20-44)66-58(63)64;3-2(4,5)1(6)7/h1-24,31-32,49-50H,25-30,33-38H2,(H,71,72)(H,73,74)(H,75,76)(H,77,78)(H4,61,62,65)(H4,63,64,66);(H,6,7)/t49-,50-;/m0./s1. The molecule has 39 heteroatoms. The number of aliphatic imine (C=N–C) groups is 2. The molecule has 0 aromatic heterocycles. The van der Waals surface area contributed by atoms with E-state index in [-0.39, 0.29) is 62.9 Å². The van der Waals surface area contributed by atoms with Crippen LogP contribution in [-0.2, 0) is 89.6 Å². The molecule has 0 aliphatic heterocycles. The van der Waals surface area contributed by atoms with Gasteiger partial charge in [-0.2, -0.15) is 47.2 Å². The van der Waals surface area contributed by atoms with Crippen LogP contribution in [0.4, 0.5) is 34.1 Å². The SMILES string of the molecule is NC(N)=Nc1ccc(C(=O)Oc2cccc(CN(C(=O)OCc3ccccc3)S(=O)(=O)N(CCOCCOCCN([C@@H](CC(=O)O)C(=O)O)S(=O)(=O)N(Cc3cccc(OC(=O)c4ccc(N=C(N)N)cc4)c3)C(=O)OCc3ccccc3)[C@@H](CC(=O)O)C(=O)O)c2)cc1.O=C(O)C(F)(F)F. The summed E-state index contributed by atoms with van der Waals surface area (Å²) in [5.41, 5.74) is 23.2. The molecule has 540 valence electrons. The number of carboxylic acid groups (broad SMARTS) is 5. The monoisotopic (exact) mass is 1450 g/mol. The Bertz CT molecular complexity index is 3920. The first-order chi connectivity index (χ1) is 47.6. The van der Waals surface area contributed by atoms with Gasteiger partial charge < -0.3 is 76.9 Å². The number of nitrogens with two attached hydrogens (primary N) is 4. The summed E-state index contributed by atoms with van der Waals surface area (Å²) in [6.45, 7) is -7.29. The van der Waals surface area contributed by atoms with Crippen molar-refractivity contribution in [2.45, 2.75) is 57.4 Å². The summed E-state index contributed by atoms with van der Waals surface area (Å²) in [7, 11) is -11.0. The molecule has 0 fully saturated rings. The highest BCUT2D eigenvalue weighted by Crippen LogP contribution is 2.27. The Labute approximate surface area is 572 Å². The van der Waals surface area contributed by atoms with Gasteiger partial charge in [0, 0.05) is 13.1 Å². The highest BCUT2D eigenvalue weighted by atomic mass is 32.2. The average molecular weight is 1460 g/mol. The van der Waals surface area contributed by atoms with Crippen LogP contribution in [0.1, 0.15) is 55.8 Å². The van der Waals surface area contributed by atoms with Crippen LogP contribution in [0.3, 0.4) is 0 Å². The predicted molar refractivity (Wildman–Crippen MR) is 345 cm³/mol. The molecule has 0 radical (unpaired) electrons. The fourth-order valence-electron chi connectivity index (χ4n) is 8.49. The van der Waals surface area contributed by atoms with Crippen molar-refractivity contribution < 1.29 is 127 Å². The van der Waals surface area contributed by atoms with E-state index in [1.165, 1.54) is 97.1 Å². The molecule has 0 heterocycles. The first kappa shape index (κ1) is 79.9. The Kier molecular flexibility index (Phi) is 29.9. The molecule has 6 rings (SSSR count). The Morgan fingerprint density at radius 3 is 1.08 bits per heavy atom. The van der Waals surface area contributed by atoms with E-state index in [0.717, 1.165) is 0 Å². The molecule has 0 unspecified atom stereocenters. The summed E-state index contributed by atoms with van der Waals surface area (Å²) in [5, 5.41) is 47.4. The lowest BCUT2D eigenvalue weighted by Gasteiger charge is -2.32. The van der Waals surface area contributed by atoms with Crippen molar-refractivity contribution in [3.63, 3.8) is 0 Å². The second-order valence-corrected chi connectivity index (χ2v) is 24.1. The van der Waals surface area contributed by atoms with Crippen LogP contribution in [0.25, 0.3) is 0 Å². The number of benzene rings is 6. The molecule has 0 saturated carbocycles. The van der Waals surface area contributed by atoms with Gasteiger partial charge in [-0.1, -0.05) is 84.9 Å². The fourth-order valence-corrected chi connectivity index (χ4v) is 11.7. The number of carbonyl (C=O) groups excluding carboxylic acids is 4. The van der Waals surface area contributed by atoms with E-state index in [0.29, 0.717) is 22.5 Å². The third kappa shape index (κ3) is 25.9. The number of guanidine groups is 2. The number of carbonyl (C=O) groups is 9. The minimum absolute atomic E-state index is 0.0249. The lowest BCUT2D eigenvalue weighted by molar-refractivity contribution is -0.192.